The number of benzene rings is 1. The molecule has 168 valence electrons. The smallest absolute Gasteiger partial charge is 0.245 e. The maximum atomic E-state index is 14.4. The van der Waals surface area contributed by atoms with E-state index in [0.29, 0.717) is 18.5 Å². The second-order valence-electron chi connectivity index (χ2n) is 8.17. The SMILES string of the molecule is CS(=O)(=O)c1ccc(NC2CCN(C3CCN(c4ccc(C#N)cn4)CC3)C2=O)c(F)c1. The Labute approximate surface area is 186 Å². The molecule has 10 heteroatoms. The Morgan fingerprint density at radius 2 is 1.91 bits per heavy atom. The summed E-state index contributed by atoms with van der Waals surface area (Å²) in [4.78, 5) is 21.2. The van der Waals surface area contributed by atoms with Crippen LogP contribution >= 0.6 is 0 Å². The molecule has 1 aromatic carbocycles. The Balaban J connectivity index is 1.35. The number of rotatable bonds is 5. The van der Waals surface area contributed by atoms with E-state index in [1.54, 1.807) is 12.3 Å². The van der Waals surface area contributed by atoms with Gasteiger partial charge in [0.25, 0.3) is 0 Å². The van der Waals surface area contributed by atoms with Gasteiger partial charge in [-0.3, -0.25) is 4.79 Å². The quantitative estimate of drug-likeness (QED) is 0.733. The van der Waals surface area contributed by atoms with Crippen LogP contribution in [0, 0.1) is 17.1 Å². The summed E-state index contributed by atoms with van der Waals surface area (Å²) in [5.74, 6) is 0.0664. The summed E-state index contributed by atoms with van der Waals surface area (Å²) in [6.07, 6.45) is 4.75. The van der Waals surface area contributed by atoms with Gasteiger partial charge in [0.15, 0.2) is 9.84 Å². The van der Waals surface area contributed by atoms with Gasteiger partial charge in [0.2, 0.25) is 5.91 Å². The van der Waals surface area contributed by atoms with Crippen molar-refractivity contribution in [3.05, 3.63) is 47.9 Å². The van der Waals surface area contributed by atoms with Crippen LogP contribution in [0.4, 0.5) is 15.9 Å². The number of carbonyl (C=O) groups is 1. The fraction of sp³-hybridized carbons (Fsp3) is 0.409. The van der Waals surface area contributed by atoms with Crippen molar-refractivity contribution in [1.29, 1.82) is 5.26 Å². The van der Waals surface area contributed by atoms with Crippen LogP contribution in [0.25, 0.3) is 0 Å². The number of piperidine rings is 1. The molecule has 0 spiro atoms. The Hall–Kier alpha value is -3.19. The molecule has 0 aliphatic carbocycles. The fourth-order valence-electron chi connectivity index (χ4n) is 4.28. The van der Waals surface area contributed by atoms with Crippen molar-refractivity contribution in [1.82, 2.24) is 9.88 Å². The molecular formula is C22H24FN5O3S. The molecule has 1 atom stereocenters. The number of amides is 1. The predicted molar refractivity (Wildman–Crippen MR) is 117 cm³/mol. The minimum atomic E-state index is -3.50. The molecular weight excluding hydrogens is 433 g/mol. The molecule has 0 bridgehead atoms. The molecule has 4 rings (SSSR count). The number of nitrogens with zero attached hydrogens (tertiary/aromatic N) is 4. The zero-order chi connectivity index (χ0) is 22.9. The average Bonchev–Trinajstić information content (AvgIpc) is 3.14. The first kappa shape index (κ1) is 22.0. The summed E-state index contributed by atoms with van der Waals surface area (Å²) in [5.41, 5.74) is 0.645. The topological polar surface area (TPSA) is 106 Å². The summed E-state index contributed by atoms with van der Waals surface area (Å²) in [7, 11) is -3.50. The highest BCUT2D eigenvalue weighted by molar-refractivity contribution is 7.90. The van der Waals surface area contributed by atoms with Crippen LogP contribution in [0.5, 0.6) is 0 Å². The summed E-state index contributed by atoms with van der Waals surface area (Å²) < 4.78 is 37.6. The number of hydrogen-bond acceptors (Lipinski definition) is 7. The third-order valence-electron chi connectivity index (χ3n) is 6.04. The lowest BCUT2D eigenvalue weighted by atomic mass is 10.0. The number of sulfone groups is 1. The number of halogens is 1. The van der Waals surface area contributed by atoms with Gasteiger partial charge in [0, 0.05) is 38.1 Å². The van der Waals surface area contributed by atoms with Crippen molar-refractivity contribution in [2.45, 2.75) is 36.2 Å². The third-order valence-corrected chi connectivity index (χ3v) is 7.15. The molecule has 2 saturated heterocycles. The molecule has 1 aromatic heterocycles. The second-order valence-corrected chi connectivity index (χ2v) is 10.2. The van der Waals surface area contributed by atoms with Crippen LogP contribution < -0.4 is 10.2 Å². The number of nitriles is 1. The van der Waals surface area contributed by atoms with Crippen molar-refractivity contribution in [2.75, 3.05) is 36.1 Å². The van der Waals surface area contributed by atoms with Crippen LogP contribution in [0.3, 0.4) is 0 Å². The standard InChI is InChI=1S/C22H24FN5O3S/c1-32(30,31)17-3-4-19(18(23)12-17)26-20-8-11-28(22(20)29)16-6-9-27(10-7-16)21-5-2-15(13-24)14-25-21/h2-5,12,14,16,20,26H,6-11H2,1H3. The molecule has 2 aliphatic heterocycles. The summed E-state index contributed by atoms with van der Waals surface area (Å²) >= 11 is 0. The van der Waals surface area contributed by atoms with E-state index in [9.17, 15) is 17.6 Å². The fourth-order valence-corrected chi connectivity index (χ4v) is 4.91. The van der Waals surface area contributed by atoms with E-state index in [0.717, 1.165) is 44.1 Å². The first-order valence-corrected chi connectivity index (χ1v) is 12.3. The normalized spacial score (nSPS) is 19.8. The molecule has 32 heavy (non-hydrogen) atoms. The lowest BCUT2D eigenvalue weighted by molar-refractivity contribution is -0.130. The van der Waals surface area contributed by atoms with Gasteiger partial charge in [-0.2, -0.15) is 5.26 Å². The van der Waals surface area contributed by atoms with Crippen LogP contribution in [0.1, 0.15) is 24.8 Å². The van der Waals surface area contributed by atoms with Gasteiger partial charge >= 0.3 is 0 Å². The van der Waals surface area contributed by atoms with Gasteiger partial charge in [-0.1, -0.05) is 0 Å². The Morgan fingerprint density at radius 3 is 2.50 bits per heavy atom. The van der Waals surface area contributed by atoms with E-state index in [2.05, 4.69) is 21.3 Å². The minimum Gasteiger partial charge on any atom is -0.371 e. The molecule has 2 aliphatic rings. The van der Waals surface area contributed by atoms with Gasteiger partial charge in [-0.05, 0) is 49.6 Å². The Kier molecular flexibility index (Phi) is 6.02. The van der Waals surface area contributed by atoms with Crippen LogP contribution in [0.15, 0.2) is 41.4 Å². The van der Waals surface area contributed by atoms with Crippen LogP contribution in [0.2, 0.25) is 0 Å². The number of carbonyl (C=O) groups excluding carboxylic acids is 1. The number of nitrogens with one attached hydrogen (secondary N) is 1. The van der Waals surface area contributed by atoms with Gasteiger partial charge < -0.3 is 15.1 Å². The summed E-state index contributed by atoms with van der Waals surface area (Å²) in [6, 6.07) is 8.90. The molecule has 1 N–H and O–H groups in total. The lowest BCUT2D eigenvalue weighted by Gasteiger charge is -2.37. The zero-order valence-corrected chi connectivity index (χ0v) is 18.5. The number of hydrogen-bond donors (Lipinski definition) is 1. The number of pyridine rings is 1. The molecule has 1 unspecified atom stereocenters. The van der Waals surface area contributed by atoms with Gasteiger partial charge in [0.05, 0.1) is 16.1 Å². The predicted octanol–water partition coefficient (Wildman–Crippen LogP) is 2.18. The van der Waals surface area contributed by atoms with E-state index in [-0.39, 0.29) is 22.5 Å². The molecule has 2 fully saturated rings. The lowest BCUT2D eigenvalue weighted by Crippen LogP contribution is -2.47. The van der Waals surface area contributed by atoms with Crippen molar-refractivity contribution in [2.24, 2.45) is 0 Å². The van der Waals surface area contributed by atoms with Gasteiger partial charge in [-0.15, -0.1) is 0 Å². The first-order chi connectivity index (χ1) is 15.3. The van der Waals surface area contributed by atoms with Crippen LogP contribution in [-0.2, 0) is 14.6 Å². The van der Waals surface area contributed by atoms with Crippen molar-refractivity contribution < 1.29 is 17.6 Å². The van der Waals surface area contributed by atoms with Crippen molar-refractivity contribution in [3.63, 3.8) is 0 Å². The summed E-state index contributed by atoms with van der Waals surface area (Å²) in [5, 5.41) is 11.8. The van der Waals surface area contributed by atoms with Gasteiger partial charge in [0.1, 0.15) is 23.7 Å². The molecule has 3 heterocycles. The van der Waals surface area contributed by atoms with Crippen molar-refractivity contribution >= 4 is 27.2 Å². The van der Waals surface area contributed by atoms with E-state index in [4.69, 9.17) is 5.26 Å². The second kappa shape index (κ2) is 8.74. The van der Waals surface area contributed by atoms with Crippen LogP contribution in [-0.4, -0.2) is 62.2 Å². The first-order valence-electron chi connectivity index (χ1n) is 10.4. The third kappa shape index (κ3) is 4.53. The van der Waals surface area contributed by atoms with Gasteiger partial charge in [-0.25, -0.2) is 17.8 Å². The molecule has 0 saturated carbocycles. The molecule has 8 nitrogen and oxygen atoms in total. The molecule has 0 radical (unpaired) electrons. The zero-order valence-electron chi connectivity index (χ0n) is 17.7. The van der Waals surface area contributed by atoms with E-state index in [1.165, 1.54) is 12.1 Å². The maximum Gasteiger partial charge on any atom is 0.245 e. The largest absolute Gasteiger partial charge is 0.371 e. The number of aromatic nitrogens is 1. The Morgan fingerprint density at radius 1 is 1.16 bits per heavy atom. The summed E-state index contributed by atoms with van der Waals surface area (Å²) in [6.45, 7) is 2.11. The monoisotopic (exact) mass is 457 g/mol. The van der Waals surface area contributed by atoms with E-state index in [1.807, 2.05) is 11.0 Å². The highest BCUT2D eigenvalue weighted by atomic mass is 32.2. The average molecular weight is 458 g/mol. The minimum absolute atomic E-state index is 0.0634. The number of anilines is 2. The molecule has 1 amide bonds. The Bertz CT molecular complexity index is 1160. The molecule has 2 aromatic rings. The number of likely N-dealkylation sites (tertiary alicyclic amines) is 1. The van der Waals surface area contributed by atoms with Crippen molar-refractivity contribution in [3.8, 4) is 6.07 Å². The highest BCUT2D eigenvalue weighted by Crippen LogP contribution is 2.27. The maximum absolute atomic E-state index is 14.4. The van der Waals surface area contributed by atoms with E-state index >= 15 is 0 Å². The highest BCUT2D eigenvalue weighted by Gasteiger charge is 2.37. The van der Waals surface area contributed by atoms with E-state index < -0.39 is 21.7 Å².